The van der Waals surface area contributed by atoms with Crippen LogP contribution in [0, 0.1) is 5.41 Å². The maximum absolute atomic E-state index is 10.8. The summed E-state index contributed by atoms with van der Waals surface area (Å²) in [6.45, 7) is 6.92. The van der Waals surface area contributed by atoms with E-state index in [-0.39, 0.29) is 17.9 Å². The Balaban J connectivity index is 2.54. The van der Waals surface area contributed by atoms with Crippen molar-refractivity contribution in [3.05, 3.63) is 22.4 Å². The van der Waals surface area contributed by atoms with Gasteiger partial charge in [0.15, 0.2) is 0 Å². The summed E-state index contributed by atoms with van der Waals surface area (Å²) in [5.41, 5.74) is -0.0460. The lowest BCUT2D eigenvalue weighted by Crippen LogP contribution is -2.41. The summed E-state index contributed by atoms with van der Waals surface area (Å²) in [7, 11) is 0. The average molecular weight is 241 g/mol. The van der Waals surface area contributed by atoms with E-state index in [2.05, 4.69) is 32.2 Å². The molecule has 1 rings (SSSR count). The third kappa shape index (κ3) is 4.33. The highest BCUT2D eigenvalue weighted by molar-refractivity contribution is 7.09. The highest BCUT2D eigenvalue weighted by atomic mass is 32.1. The van der Waals surface area contributed by atoms with Crippen molar-refractivity contribution in [2.24, 2.45) is 5.41 Å². The van der Waals surface area contributed by atoms with E-state index >= 15 is 0 Å². The molecular weight excluding hydrogens is 222 g/mol. The van der Waals surface area contributed by atoms with Gasteiger partial charge in [0.1, 0.15) is 0 Å². The van der Waals surface area contributed by atoms with Gasteiger partial charge in [-0.2, -0.15) is 0 Å². The average Bonchev–Trinajstić information content (AvgIpc) is 2.62. The Morgan fingerprint density at radius 2 is 2.25 bits per heavy atom. The monoisotopic (exact) mass is 241 g/mol. The summed E-state index contributed by atoms with van der Waals surface area (Å²) in [5, 5.41) is 14.2. The summed E-state index contributed by atoms with van der Waals surface area (Å²) in [5.74, 6) is -0.751. The first kappa shape index (κ1) is 13.2. The molecule has 0 saturated heterocycles. The van der Waals surface area contributed by atoms with Crippen molar-refractivity contribution in [1.29, 1.82) is 0 Å². The number of nitrogens with one attached hydrogen (secondary N) is 1. The van der Waals surface area contributed by atoms with Gasteiger partial charge in [-0.3, -0.25) is 4.79 Å². The van der Waals surface area contributed by atoms with Gasteiger partial charge >= 0.3 is 5.97 Å². The number of hydrogen-bond donors (Lipinski definition) is 2. The number of aliphatic carboxylic acids is 1. The molecule has 90 valence electrons. The number of carbonyl (C=O) groups is 1. The highest BCUT2D eigenvalue weighted by Crippen LogP contribution is 2.22. The second-order valence-corrected chi connectivity index (χ2v) is 6.01. The smallest absolute Gasteiger partial charge is 0.304 e. The van der Waals surface area contributed by atoms with Crippen LogP contribution in [0.15, 0.2) is 17.5 Å². The predicted molar refractivity (Wildman–Crippen MR) is 66.7 cm³/mol. The Bertz CT molecular complexity index is 327. The normalized spacial score (nSPS) is 13.7. The van der Waals surface area contributed by atoms with E-state index in [0.717, 1.165) is 6.54 Å². The van der Waals surface area contributed by atoms with Gasteiger partial charge in [-0.1, -0.05) is 26.8 Å². The van der Waals surface area contributed by atoms with Crippen LogP contribution in [0.3, 0.4) is 0 Å². The number of hydrogen-bond acceptors (Lipinski definition) is 3. The SMILES string of the molecule is CC(C)(C)C(CC(=O)O)NCc1cccs1. The molecule has 0 aliphatic rings. The fraction of sp³-hybridized carbons (Fsp3) is 0.583. The first-order chi connectivity index (χ1) is 7.39. The molecule has 0 spiro atoms. The van der Waals surface area contributed by atoms with Crippen molar-refractivity contribution in [1.82, 2.24) is 5.32 Å². The van der Waals surface area contributed by atoms with Crippen LogP contribution in [-0.4, -0.2) is 17.1 Å². The van der Waals surface area contributed by atoms with Crippen LogP contribution < -0.4 is 5.32 Å². The Morgan fingerprint density at radius 3 is 2.69 bits per heavy atom. The quantitative estimate of drug-likeness (QED) is 0.833. The molecule has 0 fully saturated rings. The van der Waals surface area contributed by atoms with Crippen LogP contribution >= 0.6 is 11.3 Å². The molecule has 0 saturated carbocycles. The van der Waals surface area contributed by atoms with Crippen LogP contribution in [0.4, 0.5) is 0 Å². The Hall–Kier alpha value is -0.870. The van der Waals surface area contributed by atoms with Gasteiger partial charge < -0.3 is 10.4 Å². The van der Waals surface area contributed by atoms with Gasteiger partial charge in [0.2, 0.25) is 0 Å². The second kappa shape index (κ2) is 5.46. The highest BCUT2D eigenvalue weighted by Gasteiger charge is 2.26. The third-order valence-corrected chi connectivity index (χ3v) is 3.40. The zero-order valence-electron chi connectivity index (χ0n) is 9.99. The Labute approximate surface area is 100 Å². The van der Waals surface area contributed by atoms with Gasteiger partial charge in [-0.05, 0) is 16.9 Å². The molecule has 2 N–H and O–H groups in total. The molecule has 0 aliphatic heterocycles. The standard InChI is InChI=1S/C12H19NO2S/c1-12(2,3)10(7-11(14)15)13-8-9-5-4-6-16-9/h4-6,10,13H,7-8H2,1-3H3,(H,14,15). The molecule has 1 aromatic rings. The van der Waals surface area contributed by atoms with Crippen LogP contribution in [-0.2, 0) is 11.3 Å². The van der Waals surface area contributed by atoms with Gasteiger partial charge in [0.25, 0.3) is 0 Å². The van der Waals surface area contributed by atoms with Crippen LogP contribution in [0.25, 0.3) is 0 Å². The minimum Gasteiger partial charge on any atom is -0.481 e. The molecular formula is C12H19NO2S. The lowest BCUT2D eigenvalue weighted by atomic mass is 9.85. The van der Waals surface area contributed by atoms with E-state index in [0.29, 0.717) is 0 Å². The van der Waals surface area contributed by atoms with Gasteiger partial charge in [-0.25, -0.2) is 0 Å². The topological polar surface area (TPSA) is 49.3 Å². The minimum absolute atomic E-state index is 0.00731. The van der Waals surface area contributed by atoms with E-state index in [4.69, 9.17) is 5.11 Å². The first-order valence-corrected chi connectivity index (χ1v) is 6.25. The van der Waals surface area contributed by atoms with Crippen molar-refractivity contribution in [3.8, 4) is 0 Å². The zero-order chi connectivity index (χ0) is 12.2. The van der Waals surface area contributed by atoms with Gasteiger partial charge in [-0.15, -0.1) is 11.3 Å². The van der Waals surface area contributed by atoms with E-state index < -0.39 is 5.97 Å². The van der Waals surface area contributed by atoms with Crippen molar-refractivity contribution >= 4 is 17.3 Å². The molecule has 0 aliphatic carbocycles. The summed E-state index contributed by atoms with van der Waals surface area (Å²) in [6, 6.07) is 4.05. The third-order valence-electron chi connectivity index (χ3n) is 2.53. The molecule has 3 nitrogen and oxygen atoms in total. The summed E-state index contributed by atoms with van der Waals surface area (Å²) in [4.78, 5) is 12.0. The number of rotatable bonds is 5. The van der Waals surface area contributed by atoms with E-state index in [9.17, 15) is 4.79 Å². The molecule has 0 aromatic carbocycles. The van der Waals surface area contributed by atoms with Gasteiger partial charge in [0.05, 0.1) is 6.42 Å². The summed E-state index contributed by atoms with van der Waals surface area (Å²) < 4.78 is 0. The first-order valence-electron chi connectivity index (χ1n) is 5.37. The summed E-state index contributed by atoms with van der Waals surface area (Å²) >= 11 is 1.68. The Morgan fingerprint density at radius 1 is 1.56 bits per heavy atom. The number of thiophene rings is 1. The predicted octanol–water partition coefficient (Wildman–Crippen LogP) is 2.73. The van der Waals surface area contributed by atoms with Crippen LogP contribution in [0.2, 0.25) is 0 Å². The molecule has 4 heteroatoms. The number of carboxylic acids is 1. The molecule has 16 heavy (non-hydrogen) atoms. The van der Waals surface area contributed by atoms with Crippen molar-refractivity contribution < 1.29 is 9.90 Å². The van der Waals surface area contributed by atoms with Crippen molar-refractivity contribution in [2.75, 3.05) is 0 Å². The lowest BCUT2D eigenvalue weighted by molar-refractivity contribution is -0.138. The maximum atomic E-state index is 10.8. The lowest BCUT2D eigenvalue weighted by Gasteiger charge is -2.30. The molecule has 1 atom stereocenters. The molecule has 1 aromatic heterocycles. The molecule has 0 radical (unpaired) electrons. The van der Waals surface area contributed by atoms with Crippen molar-refractivity contribution in [2.45, 2.75) is 39.8 Å². The summed E-state index contributed by atoms with van der Waals surface area (Å²) in [6.07, 6.45) is 0.162. The fourth-order valence-corrected chi connectivity index (χ4v) is 2.15. The van der Waals surface area contributed by atoms with Crippen LogP contribution in [0.1, 0.15) is 32.1 Å². The number of carboxylic acid groups (broad SMARTS) is 1. The second-order valence-electron chi connectivity index (χ2n) is 4.98. The Kier molecular flexibility index (Phi) is 4.50. The van der Waals surface area contributed by atoms with E-state index in [1.54, 1.807) is 11.3 Å². The van der Waals surface area contributed by atoms with Gasteiger partial charge in [0, 0.05) is 17.5 Å². The maximum Gasteiger partial charge on any atom is 0.304 e. The van der Waals surface area contributed by atoms with E-state index in [1.165, 1.54) is 4.88 Å². The molecule has 0 amide bonds. The molecule has 1 heterocycles. The van der Waals surface area contributed by atoms with E-state index in [1.807, 2.05) is 11.4 Å². The zero-order valence-corrected chi connectivity index (χ0v) is 10.8. The minimum atomic E-state index is -0.751. The van der Waals surface area contributed by atoms with Crippen LogP contribution in [0.5, 0.6) is 0 Å². The van der Waals surface area contributed by atoms with Crippen molar-refractivity contribution in [3.63, 3.8) is 0 Å². The fourth-order valence-electron chi connectivity index (χ4n) is 1.50. The molecule has 1 unspecified atom stereocenters. The molecule has 0 bridgehead atoms. The largest absolute Gasteiger partial charge is 0.481 e.